The van der Waals surface area contributed by atoms with Crippen molar-refractivity contribution in [2.45, 2.75) is 19.5 Å². The normalized spacial score (nSPS) is 17.1. The predicted octanol–water partition coefficient (Wildman–Crippen LogP) is 4.76. The Morgan fingerprint density at radius 1 is 1.09 bits per heavy atom. The number of hydrogen-bond acceptors (Lipinski definition) is 6. The van der Waals surface area contributed by atoms with E-state index >= 15 is 0 Å². The van der Waals surface area contributed by atoms with Gasteiger partial charge in [0.25, 0.3) is 11.7 Å². The highest BCUT2D eigenvalue weighted by Gasteiger charge is 2.46. The van der Waals surface area contributed by atoms with Crippen LogP contribution in [0.3, 0.4) is 0 Å². The summed E-state index contributed by atoms with van der Waals surface area (Å²) in [5.74, 6) is -0.790. The fourth-order valence-electron chi connectivity index (χ4n) is 3.93. The lowest BCUT2D eigenvalue weighted by molar-refractivity contribution is -0.140. The molecule has 1 unspecified atom stereocenters. The molecule has 7 nitrogen and oxygen atoms in total. The average Bonchev–Trinajstić information content (AvgIpc) is 3.10. The maximum absolute atomic E-state index is 13.2. The second kappa shape index (κ2) is 9.97. The number of benzene rings is 2. The maximum atomic E-state index is 13.2. The third-order valence-electron chi connectivity index (χ3n) is 5.53. The Labute approximate surface area is 202 Å². The van der Waals surface area contributed by atoms with Gasteiger partial charge in [0.2, 0.25) is 0 Å². The van der Waals surface area contributed by atoms with Crippen LogP contribution in [0.15, 0.2) is 72.4 Å². The number of methoxy groups -OCH3 is 1. The SMILES string of the molecule is CCOc1ccc(Cl)c(/C(O)=C2\C(=O)C(=O)N(Cc3ccccn3)C2c2ccc(OC)cc2)c1. The standard InChI is InChI=1S/C26H23ClN2O5/c1-3-34-19-11-12-21(27)20(14-19)24(30)22-23(16-7-9-18(33-2)10-8-16)29(26(32)25(22)31)15-17-6-4-5-13-28-17/h4-14,23,30H,3,15H2,1-2H3/b24-22+. The molecule has 1 aliphatic heterocycles. The lowest BCUT2D eigenvalue weighted by Gasteiger charge is -2.25. The summed E-state index contributed by atoms with van der Waals surface area (Å²) in [6.07, 6.45) is 1.62. The lowest BCUT2D eigenvalue weighted by Crippen LogP contribution is -2.29. The van der Waals surface area contributed by atoms with Crippen LogP contribution in [-0.2, 0) is 16.1 Å². The van der Waals surface area contributed by atoms with Crippen LogP contribution < -0.4 is 9.47 Å². The summed E-state index contributed by atoms with van der Waals surface area (Å²) in [6, 6.07) is 16.3. The maximum Gasteiger partial charge on any atom is 0.296 e. The van der Waals surface area contributed by atoms with E-state index in [1.165, 1.54) is 4.90 Å². The Kier molecular flexibility index (Phi) is 6.84. The van der Waals surface area contributed by atoms with Crippen molar-refractivity contribution in [2.75, 3.05) is 13.7 Å². The molecule has 8 heteroatoms. The van der Waals surface area contributed by atoms with E-state index in [2.05, 4.69) is 4.98 Å². The molecule has 0 radical (unpaired) electrons. The number of Topliss-reactive ketones (excluding diaryl/α,β-unsaturated/α-hetero) is 1. The number of rotatable bonds is 7. The largest absolute Gasteiger partial charge is 0.507 e. The van der Waals surface area contributed by atoms with Crippen LogP contribution in [0.2, 0.25) is 5.02 Å². The van der Waals surface area contributed by atoms with Gasteiger partial charge in [-0.25, -0.2) is 0 Å². The molecule has 0 spiro atoms. The third kappa shape index (κ3) is 4.47. The van der Waals surface area contributed by atoms with E-state index in [-0.39, 0.29) is 28.5 Å². The Balaban J connectivity index is 1.87. The van der Waals surface area contributed by atoms with Crippen LogP contribution in [-0.4, -0.2) is 40.4 Å². The number of carbonyl (C=O) groups is 2. The van der Waals surface area contributed by atoms with Crippen LogP contribution in [0.5, 0.6) is 11.5 Å². The third-order valence-corrected chi connectivity index (χ3v) is 5.86. The minimum atomic E-state index is -0.847. The van der Waals surface area contributed by atoms with Crippen molar-refractivity contribution in [1.82, 2.24) is 9.88 Å². The fourth-order valence-corrected chi connectivity index (χ4v) is 4.14. The molecule has 1 aliphatic rings. The molecule has 1 fully saturated rings. The average molecular weight is 479 g/mol. The number of nitrogens with zero attached hydrogens (tertiary/aromatic N) is 2. The highest BCUT2D eigenvalue weighted by molar-refractivity contribution is 6.47. The predicted molar refractivity (Wildman–Crippen MR) is 128 cm³/mol. The van der Waals surface area contributed by atoms with Gasteiger partial charge < -0.3 is 19.5 Å². The Morgan fingerprint density at radius 2 is 1.82 bits per heavy atom. The molecule has 2 aromatic carbocycles. The molecule has 1 saturated heterocycles. The number of amides is 1. The number of likely N-dealkylation sites (tertiary alicyclic amines) is 1. The zero-order valence-electron chi connectivity index (χ0n) is 18.7. The van der Waals surface area contributed by atoms with Gasteiger partial charge in [-0.05, 0) is 55.0 Å². The van der Waals surface area contributed by atoms with Gasteiger partial charge in [0, 0.05) is 11.8 Å². The first-order valence-corrected chi connectivity index (χ1v) is 11.1. The quantitative estimate of drug-likeness (QED) is 0.299. The van der Waals surface area contributed by atoms with Gasteiger partial charge in [-0.2, -0.15) is 0 Å². The number of hydrogen-bond donors (Lipinski definition) is 1. The number of pyridine rings is 1. The monoisotopic (exact) mass is 478 g/mol. The number of halogens is 1. The first-order valence-electron chi connectivity index (χ1n) is 10.7. The van der Waals surface area contributed by atoms with Crippen molar-refractivity contribution in [3.8, 4) is 11.5 Å². The number of aliphatic hydroxyl groups is 1. The van der Waals surface area contributed by atoms with Crippen molar-refractivity contribution in [3.05, 3.63) is 94.3 Å². The van der Waals surface area contributed by atoms with E-state index in [9.17, 15) is 14.7 Å². The molecule has 3 aromatic rings. The smallest absolute Gasteiger partial charge is 0.296 e. The lowest BCUT2D eigenvalue weighted by atomic mass is 9.95. The van der Waals surface area contributed by atoms with E-state index in [1.807, 2.05) is 6.92 Å². The summed E-state index contributed by atoms with van der Waals surface area (Å²) < 4.78 is 10.8. The van der Waals surface area contributed by atoms with Gasteiger partial charge in [0.15, 0.2) is 0 Å². The van der Waals surface area contributed by atoms with Gasteiger partial charge >= 0.3 is 0 Å². The topological polar surface area (TPSA) is 89.0 Å². The summed E-state index contributed by atoms with van der Waals surface area (Å²) in [5.41, 5.74) is 1.40. The second-order valence-corrected chi connectivity index (χ2v) is 8.00. The van der Waals surface area contributed by atoms with E-state index in [0.29, 0.717) is 29.4 Å². The Bertz CT molecular complexity index is 1240. The summed E-state index contributed by atoms with van der Waals surface area (Å²) >= 11 is 6.37. The zero-order chi connectivity index (χ0) is 24.2. The minimum Gasteiger partial charge on any atom is -0.507 e. The van der Waals surface area contributed by atoms with E-state index in [0.717, 1.165) is 0 Å². The van der Waals surface area contributed by atoms with Crippen molar-refractivity contribution >= 4 is 29.1 Å². The highest BCUT2D eigenvalue weighted by atomic mass is 35.5. The van der Waals surface area contributed by atoms with Gasteiger partial charge in [-0.3, -0.25) is 14.6 Å². The molecule has 0 bridgehead atoms. The molecule has 1 aromatic heterocycles. The molecule has 2 heterocycles. The van der Waals surface area contributed by atoms with Crippen LogP contribution in [0.25, 0.3) is 5.76 Å². The zero-order valence-corrected chi connectivity index (χ0v) is 19.5. The van der Waals surface area contributed by atoms with Crippen molar-refractivity contribution in [3.63, 3.8) is 0 Å². The van der Waals surface area contributed by atoms with Gasteiger partial charge in [-0.1, -0.05) is 29.8 Å². The fraction of sp³-hybridized carbons (Fsp3) is 0.192. The number of ketones is 1. The first kappa shape index (κ1) is 23.3. The van der Waals surface area contributed by atoms with E-state index in [4.69, 9.17) is 21.1 Å². The van der Waals surface area contributed by atoms with Crippen molar-refractivity contribution in [2.24, 2.45) is 0 Å². The number of aromatic nitrogens is 1. The first-order chi connectivity index (χ1) is 16.4. The summed E-state index contributed by atoms with van der Waals surface area (Å²) in [4.78, 5) is 32.1. The molecule has 1 atom stereocenters. The molecule has 4 rings (SSSR count). The molecule has 1 N–H and O–H groups in total. The molecule has 174 valence electrons. The molecule has 0 aliphatic carbocycles. The summed E-state index contributed by atoms with van der Waals surface area (Å²) in [7, 11) is 1.55. The van der Waals surface area contributed by atoms with Gasteiger partial charge in [-0.15, -0.1) is 0 Å². The van der Waals surface area contributed by atoms with Crippen LogP contribution in [0.4, 0.5) is 0 Å². The molecular weight excluding hydrogens is 456 g/mol. The molecule has 34 heavy (non-hydrogen) atoms. The summed E-state index contributed by atoms with van der Waals surface area (Å²) in [6.45, 7) is 2.34. The molecular formula is C26H23ClN2O5. The summed E-state index contributed by atoms with van der Waals surface area (Å²) in [5, 5.41) is 11.5. The second-order valence-electron chi connectivity index (χ2n) is 7.60. The van der Waals surface area contributed by atoms with Crippen LogP contribution >= 0.6 is 11.6 Å². The van der Waals surface area contributed by atoms with Crippen molar-refractivity contribution < 1.29 is 24.2 Å². The number of carbonyl (C=O) groups excluding carboxylic acids is 2. The van der Waals surface area contributed by atoms with E-state index in [1.54, 1.807) is 74.0 Å². The number of ether oxygens (including phenoxy) is 2. The highest BCUT2D eigenvalue weighted by Crippen LogP contribution is 2.42. The van der Waals surface area contributed by atoms with Crippen LogP contribution in [0.1, 0.15) is 29.8 Å². The van der Waals surface area contributed by atoms with Gasteiger partial charge in [0.05, 0.1) is 42.6 Å². The molecule has 1 amide bonds. The Hall–Kier alpha value is -3.84. The van der Waals surface area contributed by atoms with Crippen molar-refractivity contribution in [1.29, 1.82) is 0 Å². The minimum absolute atomic E-state index is 0.0540. The van der Waals surface area contributed by atoms with Crippen LogP contribution in [0, 0.1) is 0 Å². The van der Waals surface area contributed by atoms with E-state index < -0.39 is 17.7 Å². The number of aliphatic hydroxyl groups excluding tert-OH is 1. The molecule has 0 saturated carbocycles. The van der Waals surface area contributed by atoms with Gasteiger partial charge in [0.1, 0.15) is 17.3 Å². The Morgan fingerprint density at radius 3 is 2.47 bits per heavy atom.